The van der Waals surface area contributed by atoms with E-state index in [1.54, 1.807) is 6.07 Å². The summed E-state index contributed by atoms with van der Waals surface area (Å²) in [7, 11) is 3.96. The first kappa shape index (κ1) is 20.4. The smallest absolute Gasteiger partial charge is 0.308 e. The lowest BCUT2D eigenvalue weighted by atomic mass is 9.92. The number of esters is 1. The lowest BCUT2D eigenvalue weighted by molar-refractivity contribution is -0.131. The Hall–Kier alpha value is -3.34. The van der Waals surface area contributed by atoms with Crippen molar-refractivity contribution >= 4 is 28.3 Å². The highest BCUT2D eigenvalue weighted by Crippen LogP contribution is 2.37. The van der Waals surface area contributed by atoms with Crippen LogP contribution >= 0.6 is 0 Å². The molecule has 0 radical (unpaired) electrons. The van der Waals surface area contributed by atoms with Gasteiger partial charge in [-0.05, 0) is 34.5 Å². The van der Waals surface area contributed by atoms with E-state index in [1.807, 2.05) is 80.5 Å². The van der Waals surface area contributed by atoms with Crippen molar-refractivity contribution in [1.29, 1.82) is 0 Å². The second-order valence-corrected chi connectivity index (χ2v) is 7.13. The molecule has 0 aromatic heterocycles. The summed E-state index contributed by atoms with van der Waals surface area (Å²) >= 11 is 0. The maximum Gasteiger partial charge on any atom is 0.308 e. The monoisotopic (exact) mass is 390 g/mol. The minimum absolute atomic E-state index is 0.0756. The lowest BCUT2D eigenvalue weighted by Gasteiger charge is -2.24. The Bertz CT molecular complexity index is 1030. The molecule has 0 saturated heterocycles. The van der Waals surface area contributed by atoms with Gasteiger partial charge in [-0.3, -0.25) is 9.59 Å². The number of benzene rings is 3. The van der Waals surface area contributed by atoms with E-state index in [0.29, 0.717) is 12.2 Å². The van der Waals surface area contributed by atoms with Crippen LogP contribution in [-0.2, 0) is 9.59 Å². The highest BCUT2D eigenvalue weighted by atomic mass is 16.5. The van der Waals surface area contributed by atoms with Gasteiger partial charge in [0.15, 0.2) is 0 Å². The molecule has 1 N–H and O–H groups in total. The molecule has 0 saturated carbocycles. The molecule has 29 heavy (non-hydrogen) atoms. The molecule has 3 rings (SSSR count). The first-order valence-electron chi connectivity index (χ1n) is 9.67. The molecule has 150 valence electrons. The van der Waals surface area contributed by atoms with Crippen LogP contribution in [-0.4, -0.2) is 26.0 Å². The number of anilines is 1. The fraction of sp³-hybridized carbons (Fsp3) is 0.250. The maximum atomic E-state index is 12.4. The molecule has 3 aromatic rings. The van der Waals surface area contributed by atoms with Gasteiger partial charge in [0.25, 0.3) is 0 Å². The number of nitrogens with zero attached hydrogens (tertiary/aromatic N) is 1. The van der Waals surface area contributed by atoms with Crippen molar-refractivity contribution in [2.24, 2.45) is 0 Å². The second kappa shape index (κ2) is 8.78. The Morgan fingerprint density at radius 1 is 1.00 bits per heavy atom. The summed E-state index contributed by atoms with van der Waals surface area (Å²) in [5.74, 6) is -0.0206. The molecule has 0 aliphatic carbocycles. The summed E-state index contributed by atoms with van der Waals surface area (Å²) in [4.78, 5) is 26.1. The SMILES string of the molecule is CCC(=O)NC(c1ccc(N(C)C)cc1)c1c(OC(C)=O)ccc2ccccc12. The van der Waals surface area contributed by atoms with E-state index in [0.717, 1.165) is 27.6 Å². The van der Waals surface area contributed by atoms with Crippen molar-refractivity contribution in [1.82, 2.24) is 5.32 Å². The Morgan fingerprint density at radius 2 is 1.69 bits per heavy atom. The number of carbonyl (C=O) groups is 2. The van der Waals surface area contributed by atoms with Gasteiger partial charge < -0.3 is 15.0 Å². The zero-order chi connectivity index (χ0) is 21.0. The zero-order valence-electron chi connectivity index (χ0n) is 17.2. The third-order valence-corrected chi connectivity index (χ3v) is 4.84. The molecule has 0 spiro atoms. The number of carbonyl (C=O) groups excluding carboxylic acids is 2. The van der Waals surface area contributed by atoms with E-state index < -0.39 is 12.0 Å². The molecule has 5 heteroatoms. The number of fused-ring (bicyclic) bond motifs is 1. The van der Waals surface area contributed by atoms with Gasteiger partial charge in [-0.2, -0.15) is 0 Å². The first-order valence-corrected chi connectivity index (χ1v) is 9.67. The molecular formula is C24H26N2O3. The summed E-state index contributed by atoms with van der Waals surface area (Å²) in [6.45, 7) is 3.20. The zero-order valence-corrected chi connectivity index (χ0v) is 17.2. The Balaban J connectivity index is 2.22. The summed E-state index contributed by atoms with van der Waals surface area (Å²) in [6.07, 6.45) is 0.361. The van der Waals surface area contributed by atoms with Crippen LogP contribution in [0.4, 0.5) is 5.69 Å². The summed E-state index contributed by atoms with van der Waals surface area (Å²) in [6, 6.07) is 19.2. The predicted octanol–water partition coefficient (Wildman–Crippen LogP) is 4.45. The van der Waals surface area contributed by atoms with E-state index in [1.165, 1.54) is 6.92 Å². The number of rotatable bonds is 6. The van der Waals surface area contributed by atoms with E-state index >= 15 is 0 Å². The summed E-state index contributed by atoms with van der Waals surface area (Å²) in [5.41, 5.74) is 2.76. The van der Waals surface area contributed by atoms with Gasteiger partial charge in [0.05, 0.1) is 6.04 Å². The third-order valence-electron chi connectivity index (χ3n) is 4.84. The molecule has 0 fully saturated rings. The molecule has 3 aromatic carbocycles. The number of ether oxygens (including phenoxy) is 1. The van der Waals surface area contributed by atoms with Crippen LogP contribution in [0.1, 0.15) is 37.4 Å². The van der Waals surface area contributed by atoms with Gasteiger partial charge in [0, 0.05) is 38.7 Å². The Morgan fingerprint density at radius 3 is 2.31 bits per heavy atom. The maximum absolute atomic E-state index is 12.4. The van der Waals surface area contributed by atoms with Gasteiger partial charge in [-0.1, -0.05) is 49.4 Å². The van der Waals surface area contributed by atoms with Crippen LogP contribution in [0.15, 0.2) is 60.7 Å². The molecule has 0 heterocycles. The van der Waals surface area contributed by atoms with Crippen molar-refractivity contribution in [2.45, 2.75) is 26.3 Å². The summed E-state index contributed by atoms with van der Waals surface area (Å²) in [5, 5.41) is 5.06. The standard InChI is InChI=1S/C24H26N2O3/c1-5-22(28)25-24(18-10-13-19(14-11-18)26(3)4)23-20-9-7-6-8-17(20)12-15-21(23)29-16(2)27/h6-15,24H,5H2,1-4H3,(H,25,28). The quantitative estimate of drug-likeness (QED) is 0.499. The predicted molar refractivity (Wildman–Crippen MR) is 116 cm³/mol. The average Bonchev–Trinajstić information content (AvgIpc) is 2.71. The van der Waals surface area contributed by atoms with Gasteiger partial charge in [0.2, 0.25) is 5.91 Å². The minimum Gasteiger partial charge on any atom is -0.426 e. The topological polar surface area (TPSA) is 58.6 Å². The van der Waals surface area contributed by atoms with E-state index in [4.69, 9.17) is 4.74 Å². The van der Waals surface area contributed by atoms with Gasteiger partial charge in [-0.25, -0.2) is 0 Å². The van der Waals surface area contributed by atoms with Crippen molar-refractivity contribution in [2.75, 3.05) is 19.0 Å². The number of nitrogens with one attached hydrogen (secondary N) is 1. The first-order chi connectivity index (χ1) is 13.9. The number of amides is 1. The third kappa shape index (κ3) is 4.57. The number of hydrogen-bond acceptors (Lipinski definition) is 4. The van der Waals surface area contributed by atoms with Gasteiger partial charge in [-0.15, -0.1) is 0 Å². The van der Waals surface area contributed by atoms with Crippen molar-refractivity contribution < 1.29 is 14.3 Å². The minimum atomic E-state index is -0.445. The van der Waals surface area contributed by atoms with E-state index in [2.05, 4.69) is 5.32 Å². The van der Waals surface area contributed by atoms with Crippen LogP contribution in [0.25, 0.3) is 10.8 Å². The van der Waals surface area contributed by atoms with Gasteiger partial charge in [0.1, 0.15) is 5.75 Å². The van der Waals surface area contributed by atoms with Crippen LogP contribution < -0.4 is 15.0 Å². The second-order valence-electron chi connectivity index (χ2n) is 7.13. The number of hydrogen-bond donors (Lipinski definition) is 1. The Kier molecular flexibility index (Phi) is 6.17. The van der Waals surface area contributed by atoms with Crippen molar-refractivity contribution in [3.05, 3.63) is 71.8 Å². The van der Waals surface area contributed by atoms with E-state index in [-0.39, 0.29) is 5.91 Å². The molecule has 1 atom stereocenters. The fourth-order valence-electron chi connectivity index (χ4n) is 3.37. The average molecular weight is 390 g/mol. The van der Waals surface area contributed by atoms with Crippen molar-refractivity contribution in [3.8, 4) is 5.75 Å². The molecule has 1 unspecified atom stereocenters. The van der Waals surface area contributed by atoms with Crippen LogP contribution in [0.5, 0.6) is 5.75 Å². The highest BCUT2D eigenvalue weighted by molar-refractivity contribution is 5.90. The molecule has 0 bridgehead atoms. The van der Waals surface area contributed by atoms with Crippen LogP contribution in [0.3, 0.4) is 0 Å². The summed E-state index contributed by atoms with van der Waals surface area (Å²) < 4.78 is 5.53. The fourth-order valence-corrected chi connectivity index (χ4v) is 3.37. The van der Waals surface area contributed by atoms with Gasteiger partial charge >= 0.3 is 5.97 Å². The Labute approximate surface area is 171 Å². The molecule has 5 nitrogen and oxygen atoms in total. The van der Waals surface area contributed by atoms with Crippen LogP contribution in [0, 0.1) is 0 Å². The normalized spacial score (nSPS) is 11.7. The lowest BCUT2D eigenvalue weighted by Crippen LogP contribution is -2.29. The molecule has 1 amide bonds. The molecular weight excluding hydrogens is 364 g/mol. The molecule has 0 aliphatic heterocycles. The largest absolute Gasteiger partial charge is 0.426 e. The van der Waals surface area contributed by atoms with E-state index in [9.17, 15) is 9.59 Å². The van der Waals surface area contributed by atoms with Crippen LogP contribution in [0.2, 0.25) is 0 Å². The van der Waals surface area contributed by atoms with Crippen molar-refractivity contribution in [3.63, 3.8) is 0 Å². The molecule has 0 aliphatic rings. The highest BCUT2D eigenvalue weighted by Gasteiger charge is 2.23.